The lowest BCUT2D eigenvalue weighted by Crippen LogP contribution is -2.08. The molecule has 4 nitrogen and oxygen atoms in total. The summed E-state index contributed by atoms with van der Waals surface area (Å²) in [7, 11) is 0. The summed E-state index contributed by atoms with van der Waals surface area (Å²) in [6.07, 6.45) is 4.63. The van der Waals surface area contributed by atoms with Gasteiger partial charge in [-0.05, 0) is 24.5 Å². The molecule has 1 aliphatic rings. The molecule has 0 aliphatic carbocycles. The minimum absolute atomic E-state index is 0.196. The molecular formula is C16H18FN3OS. The number of hydrogen-bond donors (Lipinski definition) is 1. The van der Waals surface area contributed by atoms with Crippen LogP contribution in [0.25, 0.3) is 0 Å². The van der Waals surface area contributed by atoms with Crippen molar-refractivity contribution < 1.29 is 9.13 Å². The molecule has 0 radical (unpaired) electrons. The summed E-state index contributed by atoms with van der Waals surface area (Å²) in [5.74, 6) is -0.196. The third kappa shape index (κ3) is 4.11. The van der Waals surface area contributed by atoms with Crippen molar-refractivity contribution >= 4 is 16.5 Å². The Kier molecular flexibility index (Phi) is 5.13. The van der Waals surface area contributed by atoms with Gasteiger partial charge in [0.1, 0.15) is 10.8 Å². The van der Waals surface area contributed by atoms with E-state index in [0.717, 1.165) is 42.7 Å². The molecule has 0 amide bonds. The summed E-state index contributed by atoms with van der Waals surface area (Å²) < 4.78 is 18.9. The van der Waals surface area contributed by atoms with Crippen LogP contribution in [0.1, 0.15) is 23.4 Å². The van der Waals surface area contributed by atoms with Crippen LogP contribution in [0, 0.1) is 5.82 Å². The Hall–Kier alpha value is -1.79. The Morgan fingerprint density at radius 2 is 2.18 bits per heavy atom. The normalized spacial score (nSPS) is 14.7. The van der Waals surface area contributed by atoms with Gasteiger partial charge in [0.25, 0.3) is 0 Å². The summed E-state index contributed by atoms with van der Waals surface area (Å²) in [6, 6.07) is 6.77. The first kappa shape index (κ1) is 15.1. The van der Waals surface area contributed by atoms with Crippen molar-refractivity contribution in [1.29, 1.82) is 0 Å². The van der Waals surface area contributed by atoms with Crippen LogP contribution in [0.4, 0.5) is 9.52 Å². The van der Waals surface area contributed by atoms with E-state index in [9.17, 15) is 4.39 Å². The number of hydrogen-bond acceptors (Lipinski definition) is 5. The van der Waals surface area contributed by atoms with Gasteiger partial charge in [-0.1, -0.05) is 41.2 Å². The molecule has 1 aromatic carbocycles. The minimum Gasteiger partial charge on any atom is -0.377 e. The lowest BCUT2D eigenvalue weighted by molar-refractivity contribution is 0.153. The maximum atomic E-state index is 13.6. The van der Waals surface area contributed by atoms with Crippen LogP contribution in [0.3, 0.4) is 0 Å². The van der Waals surface area contributed by atoms with Crippen molar-refractivity contribution in [2.75, 3.05) is 25.1 Å². The molecule has 0 saturated heterocycles. The van der Waals surface area contributed by atoms with Crippen LogP contribution in [-0.4, -0.2) is 30.0 Å². The van der Waals surface area contributed by atoms with Crippen LogP contribution in [0.15, 0.2) is 35.9 Å². The van der Waals surface area contributed by atoms with Crippen molar-refractivity contribution in [2.45, 2.75) is 19.3 Å². The fraction of sp³-hybridized carbons (Fsp3) is 0.375. The number of ether oxygens (including phenoxy) is 1. The summed E-state index contributed by atoms with van der Waals surface area (Å²) in [5.41, 5.74) is 2.08. The monoisotopic (exact) mass is 319 g/mol. The van der Waals surface area contributed by atoms with Gasteiger partial charge in [-0.2, -0.15) is 0 Å². The Morgan fingerprint density at radius 1 is 1.27 bits per heavy atom. The van der Waals surface area contributed by atoms with Gasteiger partial charge in [0.05, 0.1) is 13.2 Å². The van der Waals surface area contributed by atoms with Crippen molar-refractivity contribution in [2.24, 2.45) is 0 Å². The fourth-order valence-electron chi connectivity index (χ4n) is 2.32. The summed E-state index contributed by atoms with van der Waals surface area (Å²) >= 11 is 1.48. The topological polar surface area (TPSA) is 47.0 Å². The SMILES string of the molecule is Fc1ccccc1Cc1nnc(NCCC2=CCOCC2)s1. The van der Waals surface area contributed by atoms with Gasteiger partial charge in [-0.15, -0.1) is 10.2 Å². The first-order valence-corrected chi connectivity index (χ1v) is 8.18. The van der Waals surface area contributed by atoms with Crippen molar-refractivity contribution in [1.82, 2.24) is 10.2 Å². The van der Waals surface area contributed by atoms with Crippen LogP contribution in [-0.2, 0) is 11.2 Å². The quantitative estimate of drug-likeness (QED) is 0.829. The number of anilines is 1. The number of aromatic nitrogens is 2. The van der Waals surface area contributed by atoms with Crippen LogP contribution in [0.2, 0.25) is 0 Å². The third-order valence-electron chi connectivity index (χ3n) is 3.55. The van der Waals surface area contributed by atoms with Crippen molar-refractivity contribution in [3.63, 3.8) is 0 Å². The second-order valence-corrected chi connectivity index (χ2v) is 6.20. The predicted octanol–water partition coefficient (Wildman–Crippen LogP) is 3.42. The zero-order valence-electron chi connectivity index (χ0n) is 12.2. The zero-order chi connectivity index (χ0) is 15.2. The lowest BCUT2D eigenvalue weighted by atomic mass is 10.1. The molecule has 0 bridgehead atoms. The average molecular weight is 319 g/mol. The maximum Gasteiger partial charge on any atom is 0.205 e. The molecule has 0 spiro atoms. The Labute approximate surface area is 133 Å². The molecule has 0 fully saturated rings. The smallest absolute Gasteiger partial charge is 0.205 e. The molecule has 1 aliphatic heterocycles. The van der Waals surface area contributed by atoms with Gasteiger partial charge in [0.2, 0.25) is 5.13 Å². The largest absolute Gasteiger partial charge is 0.377 e. The lowest BCUT2D eigenvalue weighted by Gasteiger charge is -2.13. The second-order valence-electron chi connectivity index (χ2n) is 5.13. The second kappa shape index (κ2) is 7.47. The Morgan fingerprint density at radius 3 is 3.00 bits per heavy atom. The number of halogens is 1. The standard InChI is InChI=1S/C16H18FN3OS/c17-14-4-2-1-3-13(14)11-15-19-20-16(22-15)18-8-5-12-6-9-21-10-7-12/h1-4,6H,5,7-11H2,(H,18,20). The molecule has 0 saturated carbocycles. The number of nitrogens with one attached hydrogen (secondary N) is 1. The third-order valence-corrected chi connectivity index (χ3v) is 4.43. The summed E-state index contributed by atoms with van der Waals surface area (Å²) in [6.45, 7) is 2.37. The van der Waals surface area contributed by atoms with E-state index in [1.165, 1.54) is 23.0 Å². The number of nitrogens with zero attached hydrogens (tertiary/aromatic N) is 2. The van der Waals surface area contributed by atoms with E-state index in [1.807, 2.05) is 6.07 Å². The molecule has 3 rings (SSSR count). The molecular weight excluding hydrogens is 301 g/mol. The van der Waals surface area contributed by atoms with Gasteiger partial charge in [0.15, 0.2) is 0 Å². The van der Waals surface area contributed by atoms with Gasteiger partial charge in [0, 0.05) is 13.0 Å². The van der Waals surface area contributed by atoms with Crippen LogP contribution < -0.4 is 5.32 Å². The molecule has 0 atom stereocenters. The number of benzene rings is 1. The average Bonchev–Trinajstić information content (AvgIpc) is 2.98. The van der Waals surface area contributed by atoms with E-state index >= 15 is 0 Å². The molecule has 1 aromatic heterocycles. The summed E-state index contributed by atoms with van der Waals surface area (Å²) in [4.78, 5) is 0. The first-order valence-electron chi connectivity index (χ1n) is 7.36. The van der Waals surface area contributed by atoms with Crippen LogP contribution >= 0.6 is 11.3 Å². The van der Waals surface area contributed by atoms with Crippen LogP contribution in [0.5, 0.6) is 0 Å². The van der Waals surface area contributed by atoms with E-state index in [0.29, 0.717) is 12.0 Å². The highest BCUT2D eigenvalue weighted by molar-refractivity contribution is 7.15. The van der Waals surface area contributed by atoms with E-state index < -0.39 is 0 Å². The molecule has 6 heteroatoms. The van der Waals surface area contributed by atoms with E-state index in [-0.39, 0.29) is 5.82 Å². The van der Waals surface area contributed by atoms with Crippen molar-refractivity contribution in [3.05, 3.63) is 52.3 Å². The highest BCUT2D eigenvalue weighted by Crippen LogP contribution is 2.20. The van der Waals surface area contributed by atoms with E-state index in [1.54, 1.807) is 12.1 Å². The zero-order valence-corrected chi connectivity index (χ0v) is 13.0. The van der Waals surface area contributed by atoms with E-state index in [2.05, 4.69) is 21.6 Å². The Balaban J connectivity index is 1.51. The fourth-order valence-corrected chi connectivity index (χ4v) is 3.11. The van der Waals surface area contributed by atoms with Gasteiger partial charge in [-0.3, -0.25) is 0 Å². The highest BCUT2D eigenvalue weighted by atomic mass is 32.1. The molecule has 116 valence electrons. The molecule has 0 unspecified atom stereocenters. The molecule has 22 heavy (non-hydrogen) atoms. The molecule has 2 heterocycles. The molecule has 2 aromatic rings. The van der Waals surface area contributed by atoms with Gasteiger partial charge >= 0.3 is 0 Å². The summed E-state index contributed by atoms with van der Waals surface area (Å²) in [5, 5.41) is 13.1. The van der Waals surface area contributed by atoms with Gasteiger partial charge in [-0.25, -0.2) is 4.39 Å². The minimum atomic E-state index is -0.196. The van der Waals surface area contributed by atoms with E-state index in [4.69, 9.17) is 4.74 Å². The van der Waals surface area contributed by atoms with Crippen molar-refractivity contribution in [3.8, 4) is 0 Å². The Bertz CT molecular complexity index is 656. The predicted molar refractivity (Wildman–Crippen MR) is 85.7 cm³/mol. The molecule has 1 N–H and O–H groups in total. The maximum absolute atomic E-state index is 13.6. The highest BCUT2D eigenvalue weighted by Gasteiger charge is 2.08. The first-order chi connectivity index (χ1) is 10.8. The number of rotatable bonds is 6. The van der Waals surface area contributed by atoms with Gasteiger partial charge < -0.3 is 10.1 Å².